The van der Waals surface area contributed by atoms with E-state index in [-0.39, 0.29) is 0 Å². The van der Waals surface area contributed by atoms with E-state index >= 15 is 0 Å². The van der Waals surface area contributed by atoms with Crippen molar-refractivity contribution >= 4 is 23.4 Å². The summed E-state index contributed by atoms with van der Waals surface area (Å²) < 4.78 is 0. The zero-order valence-corrected chi connectivity index (χ0v) is 8.26. The van der Waals surface area contributed by atoms with E-state index in [1.807, 2.05) is 11.8 Å². The molecule has 0 saturated carbocycles. The number of hydrogen-bond donors (Lipinski definition) is 1. The molecule has 62 valence electrons. The second-order valence-electron chi connectivity index (χ2n) is 2.20. The van der Waals surface area contributed by atoms with Crippen molar-refractivity contribution in [1.82, 2.24) is 5.32 Å². The highest BCUT2D eigenvalue weighted by molar-refractivity contribution is 7.98. The second-order valence-corrected chi connectivity index (χ2v) is 3.81. The Kier molecular flexibility index (Phi) is 8.17. The second kappa shape index (κ2) is 7.70. The Labute approximate surface area is 72.9 Å². The van der Waals surface area contributed by atoms with Crippen molar-refractivity contribution in [3.63, 3.8) is 0 Å². The van der Waals surface area contributed by atoms with Crippen LogP contribution in [0.4, 0.5) is 0 Å². The maximum Gasteiger partial charge on any atom is 0.0458 e. The number of nitrogens with one attached hydrogen (secondary N) is 1. The zero-order chi connectivity index (χ0) is 7.82. The molecule has 0 aliphatic carbocycles. The van der Waals surface area contributed by atoms with Gasteiger partial charge >= 0.3 is 0 Å². The van der Waals surface area contributed by atoms with Crippen LogP contribution in [0.3, 0.4) is 0 Å². The molecule has 0 spiro atoms. The molecular weight excluding hydrogens is 166 g/mol. The molecule has 1 atom stereocenters. The summed E-state index contributed by atoms with van der Waals surface area (Å²) in [5.41, 5.74) is 0. The average Bonchev–Trinajstić information content (AvgIpc) is 1.98. The van der Waals surface area contributed by atoms with Crippen LogP contribution < -0.4 is 5.32 Å². The van der Waals surface area contributed by atoms with Crippen LogP contribution in [0.25, 0.3) is 0 Å². The summed E-state index contributed by atoms with van der Waals surface area (Å²) in [6.07, 6.45) is 3.16. The Balaban J connectivity index is 2.89. The smallest absolute Gasteiger partial charge is 0.0458 e. The highest BCUT2D eigenvalue weighted by Crippen LogP contribution is 1.98. The maximum absolute atomic E-state index is 5.87. The third-order valence-corrected chi connectivity index (χ3v) is 2.37. The van der Waals surface area contributed by atoms with Crippen molar-refractivity contribution in [3.8, 4) is 0 Å². The molecule has 1 nitrogen and oxygen atoms in total. The van der Waals surface area contributed by atoms with Crippen LogP contribution in [-0.4, -0.2) is 30.5 Å². The summed E-state index contributed by atoms with van der Waals surface area (Å²) in [6.45, 7) is 4.12. The lowest BCUT2D eigenvalue weighted by Crippen LogP contribution is -2.24. The van der Waals surface area contributed by atoms with Crippen molar-refractivity contribution in [1.29, 1.82) is 0 Å². The van der Waals surface area contributed by atoms with Crippen LogP contribution in [-0.2, 0) is 0 Å². The highest BCUT2D eigenvalue weighted by Gasteiger charge is 1.97. The molecule has 0 amide bonds. The van der Waals surface area contributed by atoms with E-state index in [0.29, 0.717) is 5.38 Å². The molecule has 0 aliphatic heterocycles. The lowest BCUT2D eigenvalue weighted by Gasteiger charge is -2.06. The van der Waals surface area contributed by atoms with E-state index < -0.39 is 0 Å². The molecule has 0 aromatic carbocycles. The largest absolute Gasteiger partial charge is 0.314 e. The van der Waals surface area contributed by atoms with Crippen LogP contribution in [0.2, 0.25) is 0 Å². The third kappa shape index (κ3) is 6.72. The molecule has 3 heteroatoms. The van der Waals surface area contributed by atoms with Gasteiger partial charge in [-0.1, -0.05) is 6.92 Å². The first-order valence-electron chi connectivity index (χ1n) is 3.65. The van der Waals surface area contributed by atoms with Crippen molar-refractivity contribution in [2.24, 2.45) is 0 Å². The first kappa shape index (κ1) is 10.6. The summed E-state index contributed by atoms with van der Waals surface area (Å²) in [7, 11) is 0. The molecule has 0 bridgehead atoms. The Morgan fingerprint density at radius 1 is 1.60 bits per heavy atom. The standard InChI is InChI=1S/C7H16ClNS/c1-3-7(8)6-9-4-5-10-2/h7,9H,3-6H2,1-2H3. The van der Waals surface area contributed by atoms with Gasteiger partial charge in [0.1, 0.15) is 0 Å². The maximum atomic E-state index is 5.87. The first-order valence-corrected chi connectivity index (χ1v) is 5.48. The fourth-order valence-corrected chi connectivity index (χ4v) is 1.03. The van der Waals surface area contributed by atoms with Gasteiger partial charge in [-0.25, -0.2) is 0 Å². The van der Waals surface area contributed by atoms with Gasteiger partial charge in [0.05, 0.1) is 0 Å². The van der Waals surface area contributed by atoms with Crippen LogP contribution in [0.15, 0.2) is 0 Å². The van der Waals surface area contributed by atoms with Gasteiger partial charge in [0.25, 0.3) is 0 Å². The topological polar surface area (TPSA) is 12.0 Å². The first-order chi connectivity index (χ1) is 4.81. The molecule has 0 aromatic heterocycles. The number of alkyl halides is 1. The van der Waals surface area contributed by atoms with Crippen molar-refractivity contribution in [3.05, 3.63) is 0 Å². The summed E-state index contributed by atoms with van der Waals surface area (Å²) >= 11 is 7.73. The van der Waals surface area contributed by atoms with Crippen molar-refractivity contribution < 1.29 is 0 Å². The normalized spacial score (nSPS) is 13.5. The fraction of sp³-hybridized carbons (Fsp3) is 1.00. The number of thioether (sulfide) groups is 1. The van der Waals surface area contributed by atoms with Crippen LogP contribution >= 0.6 is 23.4 Å². The van der Waals surface area contributed by atoms with Gasteiger partial charge in [-0.3, -0.25) is 0 Å². The summed E-state index contributed by atoms with van der Waals surface area (Å²) in [4.78, 5) is 0. The molecule has 0 saturated heterocycles. The van der Waals surface area contributed by atoms with Crippen LogP contribution in [0, 0.1) is 0 Å². The van der Waals surface area contributed by atoms with Crippen LogP contribution in [0.5, 0.6) is 0 Å². The minimum absolute atomic E-state index is 0.307. The van der Waals surface area contributed by atoms with E-state index in [1.54, 1.807) is 0 Å². The van der Waals surface area contributed by atoms with Gasteiger partial charge in [0.15, 0.2) is 0 Å². The fourth-order valence-electron chi connectivity index (χ4n) is 0.577. The Morgan fingerprint density at radius 2 is 2.30 bits per heavy atom. The summed E-state index contributed by atoms with van der Waals surface area (Å²) in [5.74, 6) is 1.17. The van der Waals surface area contributed by atoms with E-state index in [0.717, 1.165) is 19.5 Å². The molecule has 10 heavy (non-hydrogen) atoms. The molecule has 0 radical (unpaired) electrons. The molecule has 0 rings (SSSR count). The highest BCUT2D eigenvalue weighted by atomic mass is 35.5. The third-order valence-electron chi connectivity index (χ3n) is 1.29. The van der Waals surface area contributed by atoms with E-state index in [4.69, 9.17) is 11.6 Å². The molecule has 0 heterocycles. The molecule has 0 aliphatic rings. The number of halogens is 1. The van der Waals surface area contributed by atoms with Gasteiger partial charge in [-0.05, 0) is 12.7 Å². The molecule has 0 aromatic rings. The minimum Gasteiger partial charge on any atom is -0.314 e. The van der Waals surface area contributed by atoms with E-state index in [1.165, 1.54) is 5.75 Å². The molecule has 1 N–H and O–H groups in total. The van der Waals surface area contributed by atoms with Gasteiger partial charge in [0.2, 0.25) is 0 Å². The van der Waals surface area contributed by atoms with Gasteiger partial charge in [-0.15, -0.1) is 11.6 Å². The Hall–Kier alpha value is 0.600. The van der Waals surface area contributed by atoms with Gasteiger partial charge in [-0.2, -0.15) is 11.8 Å². The molecule has 1 unspecified atom stereocenters. The summed E-state index contributed by atoms with van der Waals surface area (Å²) in [5, 5.41) is 3.59. The number of rotatable bonds is 6. The molecular formula is C7H16ClNS. The van der Waals surface area contributed by atoms with E-state index in [9.17, 15) is 0 Å². The quantitative estimate of drug-likeness (QED) is 0.497. The Morgan fingerprint density at radius 3 is 2.80 bits per heavy atom. The average molecular weight is 182 g/mol. The van der Waals surface area contributed by atoms with Crippen molar-refractivity contribution in [2.45, 2.75) is 18.7 Å². The predicted octanol–water partition coefficient (Wildman–Crippen LogP) is 1.96. The van der Waals surface area contributed by atoms with Gasteiger partial charge < -0.3 is 5.32 Å². The van der Waals surface area contributed by atoms with Crippen molar-refractivity contribution in [2.75, 3.05) is 25.1 Å². The van der Waals surface area contributed by atoms with Crippen LogP contribution in [0.1, 0.15) is 13.3 Å². The predicted molar refractivity (Wildman–Crippen MR) is 51.2 cm³/mol. The molecule has 0 fully saturated rings. The number of hydrogen-bond acceptors (Lipinski definition) is 2. The van der Waals surface area contributed by atoms with E-state index in [2.05, 4.69) is 18.5 Å². The lowest BCUT2D eigenvalue weighted by molar-refractivity contribution is 0.673. The monoisotopic (exact) mass is 181 g/mol. The lowest BCUT2D eigenvalue weighted by atomic mass is 10.3. The zero-order valence-electron chi connectivity index (χ0n) is 6.69. The van der Waals surface area contributed by atoms with Gasteiger partial charge in [0, 0.05) is 24.2 Å². The summed E-state index contributed by atoms with van der Waals surface area (Å²) in [6, 6.07) is 0. The SMILES string of the molecule is CCC(Cl)CNCCSC. The minimum atomic E-state index is 0.307. The Bertz CT molecular complexity index is 70.6.